The molecule has 0 unspecified atom stereocenters. The number of aromatic nitrogens is 3. The molecule has 0 saturated carbocycles. The maximum Gasteiger partial charge on any atom is 0.111 e. The van der Waals surface area contributed by atoms with Crippen LogP contribution in [-0.4, -0.2) is 27.5 Å². The van der Waals surface area contributed by atoms with Gasteiger partial charge >= 0.3 is 0 Å². The molecule has 5 heteroatoms. The molecule has 0 radical (unpaired) electrons. The van der Waals surface area contributed by atoms with Gasteiger partial charge < -0.3 is 5.32 Å². The molecule has 0 spiro atoms. The second-order valence-electron chi connectivity index (χ2n) is 4.44. The van der Waals surface area contributed by atoms with E-state index in [1.165, 1.54) is 18.5 Å². The summed E-state index contributed by atoms with van der Waals surface area (Å²) in [4.78, 5) is 8.85. The van der Waals surface area contributed by atoms with Crippen LogP contribution in [0, 0.1) is 6.92 Å². The Balaban J connectivity index is 0.00000108. The second-order valence-corrected chi connectivity index (χ2v) is 4.44. The van der Waals surface area contributed by atoms with Crippen molar-refractivity contribution in [3.63, 3.8) is 0 Å². The third kappa shape index (κ3) is 2.28. The van der Waals surface area contributed by atoms with Crippen molar-refractivity contribution in [2.24, 2.45) is 0 Å². The predicted molar refractivity (Wildman–Crippen MR) is 69.8 cm³/mol. The van der Waals surface area contributed by atoms with Gasteiger partial charge in [-0.15, -0.1) is 12.4 Å². The Morgan fingerprint density at radius 1 is 1.29 bits per heavy atom. The van der Waals surface area contributed by atoms with Gasteiger partial charge in [-0.1, -0.05) is 0 Å². The maximum atomic E-state index is 4.56. The normalized spacial score (nSPS) is 17.0. The highest BCUT2D eigenvalue weighted by molar-refractivity contribution is 5.85. The average molecular weight is 253 g/mol. The molecule has 1 aliphatic heterocycles. The van der Waals surface area contributed by atoms with E-state index in [4.69, 9.17) is 0 Å². The van der Waals surface area contributed by atoms with Crippen molar-refractivity contribution in [1.29, 1.82) is 0 Å². The molecule has 1 N–H and O–H groups in total. The minimum Gasteiger partial charge on any atom is -0.317 e. The van der Waals surface area contributed by atoms with E-state index in [0.29, 0.717) is 5.92 Å². The first-order valence-electron chi connectivity index (χ1n) is 5.85. The molecule has 92 valence electrons. The topological polar surface area (TPSA) is 42.2 Å². The number of nitrogens with zero attached hydrogens (tertiary/aromatic N) is 3. The first kappa shape index (κ1) is 12.3. The van der Waals surface area contributed by atoms with E-state index in [1.807, 2.05) is 23.8 Å². The zero-order valence-electron chi connectivity index (χ0n) is 9.89. The maximum absolute atomic E-state index is 4.56. The van der Waals surface area contributed by atoms with Gasteiger partial charge in [-0.05, 0) is 38.9 Å². The number of imidazole rings is 1. The van der Waals surface area contributed by atoms with Gasteiger partial charge in [-0.2, -0.15) is 0 Å². The summed E-state index contributed by atoms with van der Waals surface area (Å²) in [7, 11) is 0. The summed E-state index contributed by atoms with van der Waals surface area (Å²) in [5.74, 6) is 1.61. The van der Waals surface area contributed by atoms with Crippen molar-refractivity contribution >= 4 is 17.9 Å². The van der Waals surface area contributed by atoms with Crippen LogP contribution in [0.3, 0.4) is 0 Å². The van der Waals surface area contributed by atoms with Crippen LogP contribution in [0.5, 0.6) is 0 Å². The summed E-state index contributed by atoms with van der Waals surface area (Å²) in [5, 5.41) is 3.38. The second kappa shape index (κ2) is 5.02. The Hall–Kier alpha value is -1.13. The Bertz CT molecular complexity index is 502. The average Bonchev–Trinajstić information content (AvgIpc) is 2.72. The molecule has 0 aromatic carbocycles. The standard InChI is InChI=1S/C12H16N4.ClH/c1-9-14-7-11-6-12(15-8-16(9)11)10-2-4-13-5-3-10;/h6-8,10,13H,2-5H2,1H3;1H. The molecule has 0 aliphatic carbocycles. The number of hydrogen-bond acceptors (Lipinski definition) is 3. The highest BCUT2D eigenvalue weighted by atomic mass is 35.5. The number of rotatable bonds is 1. The van der Waals surface area contributed by atoms with Crippen LogP contribution in [0.15, 0.2) is 18.6 Å². The summed E-state index contributed by atoms with van der Waals surface area (Å²) in [6.45, 7) is 4.21. The Kier molecular flexibility index (Phi) is 3.64. The summed E-state index contributed by atoms with van der Waals surface area (Å²) in [6.07, 6.45) is 6.20. The Morgan fingerprint density at radius 2 is 2.06 bits per heavy atom. The minimum atomic E-state index is 0. The SMILES string of the molecule is Cc1ncc2cc(C3CCNCC3)ncn12.Cl. The zero-order valence-corrected chi connectivity index (χ0v) is 10.7. The van der Waals surface area contributed by atoms with E-state index < -0.39 is 0 Å². The molecule has 1 fully saturated rings. The fraction of sp³-hybridized carbons (Fsp3) is 0.500. The molecule has 3 heterocycles. The third-order valence-electron chi connectivity index (χ3n) is 3.39. The molecule has 17 heavy (non-hydrogen) atoms. The molecule has 3 rings (SSSR count). The number of nitrogens with one attached hydrogen (secondary N) is 1. The van der Waals surface area contributed by atoms with Crippen LogP contribution in [0.1, 0.15) is 30.3 Å². The summed E-state index contributed by atoms with van der Waals surface area (Å²) >= 11 is 0. The van der Waals surface area contributed by atoms with Crippen molar-refractivity contribution < 1.29 is 0 Å². The van der Waals surface area contributed by atoms with Gasteiger partial charge in [0.15, 0.2) is 0 Å². The van der Waals surface area contributed by atoms with Gasteiger partial charge in [-0.3, -0.25) is 4.40 Å². The monoisotopic (exact) mass is 252 g/mol. The number of aryl methyl sites for hydroxylation is 1. The molecule has 1 saturated heterocycles. The molecule has 0 amide bonds. The molecule has 1 aliphatic rings. The van der Waals surface area contributed by atoms with Crippen molar-refractivity contribution in [1.82, 2.24) is 19.7 Å². The Labute approximate surface area is 107 Å². The van der Waals surface area contributed by atoms with Gasteiger partial charge in [0.1, 0.15) is 12.2 Å². The van der Waals surface area contributed by atoms with Crippen LogP contribution in [-0.2, 0) is 0 Å². The molecular formula is C12H17ClN4. The van der Waals surface area contributed by atoms with Crippen LogP contribution < -0.4 is 5.32 Å². The van der Waals surface area contributed by atoms with Crippen molar-refractivity contribution in [3.05, 3.63) is 30.1 Å². The molecule has 2 aromatic rings. The largest absolute Gasteiger partial charge is 0.317 e. The highest BCUT2D eigenvalue weighted by Gasteiger charge is 2.16. The van der Waals surface area contributed by atoms with Gasteiger partial charge in [-0.25, -0.2) is 9.97 Å². The molecular weight excluding hydrogens is 236 g/mol. The number of piperidine rings is 1. The van der Waals surface area contributed by atoms with Crippen LogP contribution >= 0.6 is 12.4 Å². The van der Waals surface area contributed by atoms with E-state index in [-0.39, 0.29) is 12.4 Å². The van der Waals surface area contributed by atoms with Crippen molar-refractivity contribution in [3.8, 4) is 0 Å². The van der Waals surface area contributed by atoms with Crippen molar-refractivity contribution in [2.45, 2.75) is 25.7 Å². The van der Waals surface area contributed by atoms with Crippen LogP contribution in [0.25, 0.3) is 5.52 Å². The number of hydrogen-bond donors (Lipinski definition) is 1. The van der Waals surface area contributed by atoms with Gasteiger partial charge in [0.05, 0.1) is 11.7 Å². The third-order valence-corrected chi connectivity index (χ3v) is 3.39. The molecule has 2 aromatic heterocycles. The van der Waals surface area contributed by atoms with E-state index >= 15 is 0 Å². The smallest absolute Gasteiger partial charge is 0.111 e. The van der Waals surface area contributed by atoms with E-state index in [0.717, 1.165) is 24.4 Å². The predicted octanol–water partition coefficient (Wildman–Crippen LogP) is 1.93. The van der Waals surface area contributed by atoms with Gasteiger partial charge in [0, 0.05) is 11.6 Å². The lowest BCUT2D eigenvalue weighted by Gasteiger charge is -2.22. The summed E-state index contributed by atoms with van der Waals surface area (Å²) in [6, 6.07) is 2.18. The highest BCUT2D eigenvalue weighted by Crippen LogP contribution is 2.24. The van der Waals surface area contributed by atoms with E-state index in [1.54, 1.807) is 0 Å². The lowest BCUT2D eigenvalue weighted by Crippen LogP contribution is -2.27. The van der Waals surface area contributed by atoms with Gasteiger partial charge in [0.25, 0.3) is 0 Å². The molecule has 0 bridgehead atoms. The lowest BCUT2D eigenvalue weighted by molar-refractivity contribution is 0.453. The summed E-state index contributed by atoms with van der Waals surface area (Å²) < 4.78 is 2.03. The van der Waals surface area contributed by atoms with Crippen molar-refractivity contribution in [2.75, 3.05) is 13.1 Å². The lowest BCUT2D eigenvalue weighted by atomic mass is 9.94. The summed E-state index contributed by atoms with van der Waals surface area (Å²) in [5.41, 5.74) is 2.37. The van der Waals surface area contributed by atoms with E-state index in [2.05, 4.69) is 21.4 Å². The zero-order chi connectivity index (χ0) is 11.0. The van der Waals surface area contributed by atoms with E-state index in [9.17, 15) is 0 Å². The number of fused-ring (bicyclic) bond motifs is 1. The molecule has 0 atom stereocenters. The van der Waals surface area contributed by atoms with Gasteiger partial charge in [0.2, 0.25) is 0 Å². The minimum absolute atomic E-state index is 0. The fourth-order valence-corrected chi connectivity index (χ4v) is 2.38. The quantitative estimate of drug-likeness (QED) is 0.843. The van der Waals surface area contributed by atoms with Crippen LogP contribution in [0.2, 0.25) is 0 Å². The Morgan fingerprint density at radius 3 is 2.82 bits per heavy atom. The van der Waals surface area contributed by atoms with Crippen LogP contribution in [0.4, 0.5) is 0 Å². The molecule has 4 nitrogen and oxygen atoms in total. The fourth-order valence-electron chi connectivity index (χ4n) is 2.38. The number of halogens is 1. The first-order valence-corrected chi connectivity index (χ1v) is 5.85. The first-order chi connectivity index (χ1) is 7.84.